The van der Waals surface area contributed by atoms with Crippen LogP contribution < -0.4 is 42.8 Å². The lowest BCUT2D eigenvalue weighted by molar-refractivity contribution is -0.673. The molecular formula is C17H20INO3. The first-order valence-corrected chi connectivity index (χ1v) is 6.62. The summed E-state index contributed by atoms with van der Waals surface area (Å²) in [4.78, 5) is 0. The van der Waals surface area contributed by atoms with Crippen molar-refractivity contribution in [2.45, 2.75) is 0 Å². The molecule has 118 valence electrons. The molecule has 5 heteroatoms. The number of rotatable bonds is 5. The van der Waals surface area contributed by atoms with Gasteiger partial charge in [-0.25, -0.2) is 4.57 Å². The summed E-state index contributed by atoms with van der Waals surface area (Å²) in [7, 11) is 6.87. The van der Waals surface area contributed by atoms with Crippen LogP contribution in [-0.2, 0) is 7.05 Å². The lowest BCUT2D eigenvalue weighted by Gasteiger charge is -2.12. The van der Waals surface area contributed by atoms with Gasteiger partial charge in [0.15, 0.2) is 17.7 Å². The number of ether oxygens (including phenoxy) is 3. The number of hydrogen-bond donors (Lipinski definition) is 0. The van der Waals surface area contributed by atoms with Gasteiger partial charge in [0.1, 0.15) is 12.8 Å². The summed E-state index contributed by atoms with van der Waals surface area (Å²) in [6, 6.07) is 9.77. The lowest BCUT2D eigenvalue weighted by atomic mass is 10.1. The molecule has 0 N–H and O–H groups in total. The second kappa shape index (κ2) is 8.63. The van der Waals surface area contributed by atoms with E-state index in [0.717, 1.165) is 17.0 Å². The van der Waals surface area contributed by atoms with E-state index >= 15 is 0 Å². The Balaban J connectivity index is 0.00000242. The third kappa shape index (κ3) is 4.13. The summed E-state index contributed by atoms with van der Waals surface area (Å²) in [5.41, 5.74) is 2.02. The number of pyridine rings is 1. The molecule has 0 aliphatic rings. The van der Waals surface area contributed by atoms with Gasteiger partial charge in [0.05, 0.1) is 21.3 Å². The lowest BCUT2D eigenvalue weighted by Crippen LogP contribution is -3.00. The van der Waals surface area contributed by atoms with Crippen molar-refractivity contribution in [2.24, 2.45) is 7.05 Å². The van der Waals surface area contributed by atoms with Crippen LogP contribution in [0.5, 0.6) is 17.2 Å². The zero-order chi connectivity index (χ0) is 15.2. The molecule has 0 amide bonds. The van der Waals surface area contributed by atoms with E-state index in [9.17, 15) is 0 Å². The van der Waals surface area contributed by atoms with Gasteiger partial charge in [0, 0.05) is 29.8 Å². The maximum atomic E-state index is 5.41. The molecule has 0 atom stereocenters. The van der Waals surface area contributed by atoms with Crippen LogP contribution in [0.3, 0.4) is 0 Å². The highest BCUT2D eigenvalue weighted by Gasteiger charge is 2.10. The maximum absolute atomic E-state index is 5.41. The molecule has 1 aromatic heterocycles. The van der Waals surface area contributed by atoms with E-state index in [1.165, 1.54) is 0 Å². The molecule has 0 unspecified atom stereocenters. The van der Waals surface area contributed by atoms with E-state index in [4.69, 9.17) is 14.2 Å². The average molecular weight is 413 g/mol. The van der Waals surface area contributed by atoms with Crippen LogP contribution >= 0.6 is 0 Å². The largest absolute Gasteiger partial charge is 1.00 e. The number of halogens is 1. The van der Waals surface area contributed by atoms with Gasteiger partial charge >= 0.3 is 0 Å². The van der Waals surface area contributed by atoms with Crippen molar-refractivity contribution in [2.75, 3.05) is 21.3 Å². The minimum atomic E-state index is 0. The van der Waals surface area contributed by atoms with E-state index in [0.29, 0.717) is 11.5 Å². The van der Waals surface area contributed by atoms with Crippen molar-refractivity contribution >= 4 is 12.2 Å². The fraction of sp³-hybridized carbons (Fsp3) is 0.235. The third-order valence-electron chi connectivity index (χ3n) is 3.26. The molecule has 0 saturated carbocycles. The van der Waals surface area contributed by atoms with Crippen LogP contribution in [0.25, 0.3) is 12.2 Å². The highest BCUT2D eigenvalue weighted by atomic mass is 127. The van der Waals surface area contributed by atoms with Crippen molar-refractivity contribution in [3.63, 3.8) is 0 Å². The molecule has 1 heterocycles. The Morgan fingerprint density at radius 2 is 1.50 bits per heavy atom. The van der Waals surface area contributed by atoms with Crippen LogP contribution in [-0.4, -0.2) is 21.3 Å². The zero-order valence-corrected chi connectivity index (χ0v) is 15.3. The molecule has 1 aromatic carbocycles. The average Bonchev–Trinajstić information content (AvgIpc) is 2.53. The van der Waals surface area contributed by atoms with Gasteiger partial charge in [-0.2, -0.15) is 0 Å². The molecule has 0 spiro atoms. The smallest absolute Gasteiger partial charge is 0.204 e. The summed E-state index contributed by atoms with van der Waals surface area (Å²) >= 11 is 0. The fourth-order valence-corrected chi connectivity index (χ4v) is 2.07. The summed E-state index contributed by atoms with van der Waals surface area (Å²) in [5.74, 6) is 2.06. The van der Waals surface area contributed by atoms with Crippen LogP contribution in [0.4, 0.5) is 0 Å². The minimum absolute atomic E-state index is 0. The number of aromatic nitrogens is 1. The van der Waals surface area contributed by atoms with Gasteiger partial charge in [-0.15, -0.1) is 0 Å². The van der Waals surface area contributed by atoms with Crippen LogP contribution in [0.2, 0.25) is 0 Å². The molecular weight excluding hydrogens is 393 g/mol. The van der Waals surface area contributed by atoms with Crippen molar-refractivity contribution in [3.8, 4) is 17.2 Å². The summed E-state index contributed by atoms with van der Waals surface area (Å²) < 4.78 is 18.1. The highest BCUT2D eigenvalue weighted by molar-refractivity contribution is 5.72. The molecule has 0 fully saturated rings. The van der Waals surface area contributed by atoms with E-state index in [-0.39, 0.29) is 24.0 Å². The van der Waals surface area contributed by atoms with Crippen molar-refractivity contribution in [3.05, 3.63) is 47.8 Å². The number of aryl methyl sites for hydroxylation is 1. The number of nitrogens with zero attached hydrogens (tertiary/aromatic N) is 1. The van der Waals surface area contributed by atoms with E-state index in [1.807, 2.05) is 60.3 Å². The van der Waals surface area contributed by atoms with Crippen LogP contribution in [0, 0.1) is 0 Å². The number of methoxy groups -OCH3 is 3. The highest BCUT2D eigenvalue weighted by Crippen LogP contribution is 2.35. The molecule has 22 heavy (non-hydrogen) atoms. The third-order valence-corrected chi connectivity index (χ3v) is 3.26. The first kappa shape index (κ1) is 18.3. The van der Waals surface area contributed by atoms with E-state index < -0.39 is 0 Å². The van der Waals surface area contributed by atoms with Crippen molar-refractivity contribution in [1.82, 2.24) is 0 Å². The molecule has 0 bridgehead atoms. The van der Waals surface area contributed by atoms with Crippen LogP contribution in [0.15, 0.2) is 36.5 Å². The SMILES string of the molecule is COc1cc(OC)c(OC)cc1/C=C/c1cccc[n+]1C.[I-]. The molecule has 0 saturated heterocycles. The second-order valence-electron chi connectivity index (χ2n) is 4.52. The van der Waals surface area contributed by atoms with Gasteiger partial charge < -0.3 is 38.2 Å². The summed E-state index contributed by atoms with van der Waals surface area (Å²) in [5, 5.41) is 0. The molecule has 0 aliphatic carbocycles. The molecule has 4 nitrogen and oxygen atoms in total. The van der Waals surface area contributed by atoms with Gasteiger partial charge in [-0.3, -0.25) is 0 Å². The number of hydrogen-bond acceptors (Lipinski definition) is 3. The predicted molar refractivity (Wildman–Crippen MR) is 82.6 cm³/mol. The second-order valence-corrected chi connectivity index (χ2v) is 4.52. The Labute approximate surface area is 148 Å². The summed E-state index contributed by atoms with van der Waals surface area (Å²) in [6.07, 6.45) is 6.03. The Bertz CT molecular complexity index is 656. The minimum Gasteiger partial charge on any atom is -1.00 e. The maximum Gasteiger partial charge on any atom is 0.204 e. The Kier molecular flexibility index (Phi) is 7.17. The van der Waals surface area contributed by atoms with Gasteiger partial charge in [-0.05, 0) is 18.2 Å². The number of benzene rings is 1. The normalized spacial score (nSPS) is 10.2. The van der Waals surface area contributed by atoms with Crippen molar-refractivity contribution in [1.29, 1.82) is 0 Å². The topological polar surface area (TPSA) is 31.6 Å². The molecule has 2 rings (SSSR count). The van der Waals surface area contributed by atoms with Crippen LogP contribution in [0.1, 0.15) is 11.3 Å². The van der Waals surface area contributed by atoms with Gasteiger partial charge in [-0.1, -0.05) is 0 Å². The predicted octanol–water partition coefficient (Wildman–Crippen LogP) is -0.289. The Morgan fingerprint density at radius 1 is 0.864 bits per heavy atom. The fourth-order valence-electron chi connectivity index (χ4n) is 2.07. The molecule has 0 aliphatic heterocycles. The summed E-state index contributed by atoms with van der Waals surface area (Å²) in [6.45, 7) is 0. The van der Waals surface area contributed by atoms with Gasteiger partial charge in [0.25, 0.3) is 0 Å². The zero-order valence-electron chi connectivity index (χ0n) is 13.2. The monoisotopic (exact) mass is 413 g/mol. The Morgan fingerprint density at radius 3 is 2.09 bits per heavy atom. The molecule has 2 aromatic rings. The van der Waals surface area contributed by atoms with Crippen molar-refractivity contribution < 1.29 is 42.8 Å². The van der Waals surface area contributed by atoms with E-state index in [1.54, 1.807) is 21.3 Å². The molecule has 0 radical (unpaired) electrons. The van der Waals surface area contributed by atoms with E-state index in [2.05, 4.69) is 0 Å². The standard InChI is InChI=1S/C17H20NO3.HI/c1-18-10-6-5-7-14(18)9-8-13-11-16(20-3)17(21-4)12-15(13)19-2;/h5-12H,1-4H3;1H/q+1;/p-1/b9-8+;. The quantitative estimate of drug-likeness (QED) is 0.499. The van der Waals surface area contributed by atoms with Gasteiger partial charge in [0.2, 0.25) is 5.69 Å². The first-order chi connectivity index (χ1) is 10.2. The Hall–Kier alpha value is -1.76. The first-order valence-electron chi connectivity index (χ1n) is 6.62.